The van der Waals surface area contributed by atoms with Crippen molar-refractivity contribution in [3.8, 4) is 11.5 Å². The number of thioether (sulfide) groups is 1. The molecular formula is C15H11NO7S2. The minimum absolute atomic E-state index is 0.00523. The normalized spacial score (nSPS) is 18.7. The average Bonchev–Trinajstić information content (AvgIpc) is 3.10. The van der Waals surface area contributed by atoms with Gasteiger partial charge in [0.25, 0.3) is 5.91 Å². The zero-order chi connectivity index (χ0) is 18.1. The van der Waals surface area contributed by atoms with Gasteiger partial charge in [-0.1, -0.05) is 30.0 Å². The average molecular weight is 381 g/mol. The standard InChI is InChI=1S/C15H11NO7S2/c17-12(18)5-8(14(20)21)16-13(19)11(25-15(16)24)4-7-1-2-9-10(3-7)23-6-22-9/h1-4,8H,5-6H2,(H,17,18)(H,20,21)/b11-4+. The number of hydrogen-bond donors (Lipinski definition) is 2. The molecule has 1 amide bonds. The molecule has 0 saturated carbocycles. The molecule has 0 radical (unpaired) electrons. The van der Waals surface area contributed by atoms with Crippen LogP contribution in [0.15, 0.2) is 23.1 Å². The maximum Gasteiger partial charge on any atom is 0.327 e. The van der Waals surface area contributed by atoms with Crippen molar-refractivity contribution in [3.63, 3.8) is 0 Å². The van der Waals surface area contributed by atoms with Crippen molar-refractivity contribution in [1.82, 2.24) is 4.90 Å². The van der Waals surface area contributed by atoms with Crippen molar-refractivity contribution in [2.75, 3.05) is 6.79 Å². The van der Waals surface area contributed by atoms with Crippen LogP contribution < -0.4 is 9.47 Å². The van der Waals surface area contributed by atoms with E-state index in [0.29, 0.717) is 17.1 Å². The van der Waals surface area contributed by atoms with Crippen LogP contribution in [0.2, 0.25) is 0 Å². The molecule has 1 unspecified atom stereocenters. The third-order valence-corrected chi connectivity index (χ3v) is 4.81. The molecule has 130 valence electrons. The van der Waals surface area contributed by atoms with Crippen molar-refractivity contribution >= 4 is 52.2 Å². The van der Waals surface area contributed by atoms with Gasteiger partial charge in [0, 0.05) is 0 Å². The van der Waals surface area contributed by atoms with Gasteiger partial charge in [0.15, 0.2) is 11.5 Å². The second-order valence-corrected chi connectivity index (χ2v) is 6.79. The van der Waals surface area contributed by atoms with E-state index in [9.17, 15) is 19.5 Å². The Kier molecular flexibility index (Phi) is 4.64. The summed E-state index contributed by atoms with van der Waals surface area (Å²) < 4.78 is 10.5. The van der Waals surface area contributed by atoms with E-state index in [4.69, 9.17) is 26.8 Å². The molecule has 1 atom stereocenters. The highest BCUT2D eigenvalue weighted by Crippen LogP contribution is 2.37. The van der Waals surface area contributed by atoms with Crippen molar-refractivity contribution < 1.29 is 34.1 Å². The first-order chi connectivity index (χ1) is 11.9. The first-order valence-electron chi connectivity index (χ1n) is 6.98. The topological polar surface area (TPSA) is 113 Å². The van der Waals surface area contributed by atoms with E-state index >= 15 is 0 Å². The Labute approximate surface area is 151 Å². The molecule has 1 aromatic rings. The van der Waals surface area contributed by atoms with Crippen LogP contribution in [0.5, 0.6) is 11.5 Å². The summed E-state index contributed by atoms with van der Waals surface area (Å²) in [6.07, 6.45) is 0.806. The van der Waals surface area contributed by atoms with Gasteiger partial charge < -0.3 is 19.7 Å². The Hall–Kier alpha value is -2.59. The van der Waals surface area contributed by atoms with Crippen LogP contribution in [-0.4, -0.2) is 50.1 Å². The van der Waals surface area contributed by atoms with E-state index in [1.165, 1.54) is 0 Å². The summed E-state index contributed by atoms with van der Waals surface area (Å²) in [7, 11) is 0. The second-order valence-electron chi connectivity index (χ2n) is 5.12. The van der Waals surface area contributed by atoms with Gasteiger partial charge >= 0.3 is 11.9 Å². The van der Waals surface area contributed by atoms with Gasteiger partial charge in [0.1, 0.15) is 10.4 Å². The number of carboxylic acids is 2. The third kappa shape index (κ3) is 3.44. The molecule has 2 N–H and O–H groups in total. The Balaban J connectivity index is 1.87. The van der Waals surface area contributed by atoms with Crippen molar-refractivity contribution in [1.29, 1.82) is 0 Å². The number of thiocarbonyl (C=S) groups is 1. The zero-order valence-electron chi connectivity index (χ0n) is 12.5. The van der Waals surface area contributed by atoms with Crippen LogP contribution in [0.4, 0.5) is 0 Å². The molecule has 3 rings (SSSR count). The Morgan fingerprint density at radius 1 is 1.32 bits per heavy atom. The Morgan fingerprint density at radius 2 is 2.04 bits per heavy atom. The number of ether oxygens (including phenoxy) is 2. The number of carboxylic acid groups (broad SMARTS) is 2. The predicted molar refractivity (Wildman–Crippen MR) is 91.3 cm³/mol. The molecule has 2 aliphatic heterocycles. The fourth-order valence-corrected chi connectivity index (χ4v) is 3.71. The van der Waals surface area contributed by atoms with E-state index in [2.05, 4.69) is 0 Å². The molecule has 2 aliphatic rings. The lowest BCUT2D eigenvalue weighted by Crippen LogP contribution is -2.45. The Morgan fingerprint density at radius 3 is 2.72 bits per heavy atom. The summed E-state index contributed by atoms with van der Waals surface area (Å²) in [5.41, 5.74) is 0.648. The highest BCUT2D eigenvalue weighted by molar-refractivity contribution is 8.26. The van der Waals surface area contributed by atoms with Gasteiger partial charge in [-0.05, 0) is 23.8 Å². The van der Waals surface area contributed by atoms with Crippen LogP contribution in [0, 0.1) is 0 Å². The summed E-state index contributed by atoms with van der Waals surface area (Å²) in [5, 5.41) is 18.1. The highest BCUT2D eigenvalue weighted by Gasteiger charge is 2.41. The van der Waals surface area contributed by atoms with Gasteiger partial charge in [0.05, 0.1) is 11.3 Å². The quantitative estimate of drug-likeness (QED) is 0.579. The second kappa shape index (κ2) is 6.73. The molecular weight excluding hydrogens is 370 g/mol. The zero-order valence-corrected chi connectivity index (χ0v) is 14.1. The number of nitrogens with zero attached hydrogens (tertiary/aromatic N) is 1. The first-order valence-corrected chi connectivity index (χ1v) is 8.20. The molecule has 1 aromatic carbocycles. The lowest BCUT2D eigenvalue weighted by Gasteiger charge is -2.21. The maximum absolute atomic E-state index is 12.5. The van der Waals surface area contributed by atoms with Gasteiger partial charge in [0.2, 0.25) is 6.79 Å². The molecule has 0 aromatic heterocycles. The third-order valence-electron chi connectivity index (χ3n) is 3.48. The molecule has 0 bridgehead atoms. The first kappa shape index (κ1) is 17.2. The lowest BCUT2D eigenvalue weighted by molar-refractivity contribution is -0.150. The van der Waals surface area contributed by atoms with Gasteiger partial charge in [-0.25, -0.2) is 4.79 Å². The number of rotatable bonds is 5. The van der Waals surface area contributed by atoms with E-state index in [1.807, 2.05) is 0 Å². The summed E-state index contributed by atoms with van der Waals surface area (Å²) in [6, 6.07) is 3.54. The lowest BCUT2D eigenvalue weighted by atomic mass is 10.1. The predicted octanol–water partition coefficient (Wildman–Crippen LogP) is 1.54. The monoisotopic (exact) mass is 381 g/mol. The number of fused-ring (bicyclic) bond motifs is 1. The van der Waals surface area contributed by atoms with Crippen molar-refractivity contribution in [2.45, 2.75) is 12.5 Å². The summed E-state index contributed by atoms with van der Waals surface area (Å²) in [4.78, 5) is 35.8. The van der Waals surface area contributed by atoms with E-state index in [0.717, 1.165) is 16.7 Å². The number of aliphatic carboxylic acids is 2. The van der Waals surface area contributed by atoms with Crippen LogP contribution >= 0.6 is 24.0 Å². The largest absolute Gasteiger partial charge is 0.481 e. The van der Waals surface area contributed by atoms with Crippen LogP contribution in [-0.2, 0) is 14.4 Å². The smallest absolute Gasteiger partial charge is 0.327 e. The van der Waals surface area contributed by atoms with Gasteiger partial charge in [-0.3, -0.25) is 14.5 Å². The summed E-state index contributed by atoms with van der Waals surface area (Å²) in [5.74, 6) is -2.26. The maximum atomic E-state index is 12.5. The van der Waals surface area contributed by atoms with Crippen molar-refractivity contribution in [3.05, 3.63) is 28.7 Å². The number of benzene rings is 1. The highest BCUT2D eigenvalue weighted by atomic mass is 32.2. The van der Waals surface area contributed by atoms with Crippen LogP contribution in [0.1, 0.15) is 12.0 Å². The summed E-state index contributed by atoms with van der Waals surface area (Å²) in [6.45, 7) is 0.121. The van der Waals surface area contributed by atoms with Gasteiger partial charge in [-0.2, -0.15) is 0 Å². The SMILES string of the molecule is O=C(O)CC(C(=O)O)N1C(=O)/C(=C\c2ccc3c(c2)OCO3)SC1=S. The molecule has 8 nitrogen and oxygen atoms in total. The van der Waals surface area contributed by atoms with Crippen LogP contribution in [0.3, 0.4) is 0 Å². The fourth-order valence-electron chi connectivity index (χ4n) is 2.36. The Bertz CT molecular complexity index is 820. The van der Waals surface area contributed by atoms with Crippen molar-refractivity contribution in [2.24, 2.45) is 0 Å². The van der Waals surface area contributed by atoms with E-state index < -0.39 is 30.3 Å². The molecule has 0 aliphatic carbocycles. The number of carbonyl (C=O) groups is 3. The van der Waals surface area contributed by atoms with E-state index in [1.54, 1.807) is 24.3 Å². The molecule has 25 heavy (non-hydrogen) atoms. The number of amides is 1. The minimum Gasteiger partial charge on any atom is -0.481 e. The minimum atomic E-state index is -1.55. The molecule has 0 spiro atoms. The molecule has 1 fully saturated rings. The molecule has 10 heteroatoms. The number of carbonyl (C=O) groups excluding carboxylic acids is 1. The van der Waals surface area contributed by atoms with E-state index in [-0.39, 0.29) is 16.0 Å². The number of hydrogen-bond acceptors (Lipinski definition) is 7. The fraction of sp³-hybridized carbons (Fsp3) is 0.200. The molecule has 1 saturated heterocycles. The summed E-state index contributed by atoms with van der Waals surface area (Å²) >= 11 is 5.99. The van der Waals surface area contributed by atoms with Crippen LogP contribution in [0.25, 0.3) is 6.08 Å². The molecule has 2 heterocycles. The van der Waals surface area contributed by atoms with Gasteiger partial charge in [-0.15, -0.1) is 0 Å².